The van der Waals surface area contributed by atoms with Crippen molar-refractivity contribution in [3.8, 4) is 5.69 Å². The van der Waals surface area contributed by atoms with Crippen molar-refractivity contribution < 1.29 is 4.79 Å². The summed E-state index contributed by atoms with van der Waals surface area (Å²) in [6.07, 6.45) is 4.39. The van der Waals surface area contributed by atoms with E-state index in [9.17, 15) is 4.79 Å². The number of benzene rings is 1. The average Bonchev–Trinajstić information content (AvgIpc) is 3.14. The highest BCUT2D eigenvalue weighted by molar-refractivity contribution is 5.90. The fourth-order valence-electron chi connectivity index (χ4n) is 4.28. The van der Waals surface area contributed by atoms with Gasteiger partial charge >= 0.3 is 0 Å². The molecule has 8 nitrogen and oxygen atoms in total. The molecule has 0 unspecified atom stereocenters. The van der Waals surface area contributed by atoms with E-state index in [-0.39, 0.29) is 11.8 Å². The molecule has 1 aromatic carbocycles. The van der Waals surface area contributed by atoms with Crippen molar-refractivity contribution in [2.24, 2.45) is 5.92 Å². The molecule has 1 aliphatic rings. The molecule has 170 valence electrons. The number of aromatic nitrogens is 4. The largest absolute Gasteiger partial charge is 0.356 e. The van der Waals surface area contributed by atoms with Crippen LogP contribution < -0.4 is 10.2 Å². The number of amides is 1. The van der Waals surface area contributed by atoms with E-state index in [0.29, 0.717) is 0 Å². The van der Waals surface area contributed by atoms with Crippen LogP contribution in [0.4, 0.5) is 5.82 Å². The van der Waals surface area contributed by atoms with Crippen LogP contribution in [-0.4, -0.2) is 71.1 Å². The van der Waals surface area contributed by atoms with E-state index >= 15 is 0 Å². The molecular formula is C24H33N7O. The van der Waals surface area contributed by atoms with Gasteiger partial charge in [-0.25, -0.2) is 4.68 Å². The van der Waals surface area contributed by atoms with Gasteiger partial charge in [0.15, 0.2) is 5.82 Å². The van der Waals surface area contributed by atoms with Crippen LogP contribution in [0.25, 0.3) is 16.6 Å². The highest BCUT2D eigenvalue weighted by Crippen LogP contribution is 2.29. The second kappa shape index (κ2) is 9.65. The van der Waals surface area contributed by atoms with Crippen LogP contribution in [0.15, 0.2) is 30.5 Å². The summed E-state index contributed by atoms with van der Waals surface area (Å²) in [6.45, 7) is 7.41. The maximum Gasteiger partial charge on any atom is 0.223 e. The molecule has 0 spiro atoms. The predicted octanol–water partition coefficient (Wildman–Crippen LogP) is 2.72. The third-order valence-electron chi connectivity index (χ3n) is 6.24. The summed E-state index contributed by atoms with van der Waals surface area (Å²) in [4.78, 5) is 16.9. The first-order valence-corrected chi connectivity index (χ1v) is 11.4. The summed E-state index contributed by atoms with van der Waals surface area (Å²) in [5.74, 6) is 1.04. The minimum atomic E-state index is 0.0598. The van der Waals surface area contributed by atoms with Gasteiger partial charge in [-0.2, -0.15) is 10.2 Å². The number of piperidine rings is 1. The average molecular weight is 436 g/mol. The number of aryl methyl sites for hydroxylation is 2. The number of rotatable bonds is 7. The molecule has 1 amide bonds. The lowest BCUT2D eigenvalue weighted by Gasteiger charge is -2.31. The monoisotopic (exact) mass is 435 g/mol. The number of nitrogens with one attached hydrogen (secondary N) is 1. The number of hydrogen-bond acceptors (Lipinski definition) is 6. The Balaban J connectivity index is 1.45. The normalized spacial score (nSPS) is 15.0. The molecule has 0 atom stereocenters. The SMILES string of the molecule is Cc1ccc(-n2nc3c(N4CCC(C(=O)NCCCN(C)C)CC4)nncc3c2C)cc1. The first kappa shape index (κ1) is 22.2. The third-order valence-corrected chi connectivity index (χ3v) is 6.24. The predicted molar refractivity (Wildman–Crippen MR) is 127 cm³/mol. The summed E-state index contributed by atoms with van der Waals surface area (Å²) < 4.78 is 1.96. The summed E-state index contributed by atoms with van der Waals surface area (Å²) in [5.41, 5.74) is 4.16. The second-order valence-corrected chi connectivity index (χ2v) is 8.97. The van der Waals surface area contributed by atoms with Crippen LogP contribution in [0.3, 0.4) is 0 Å². The molecule has 3 aromatic rings. The van der Waals surface area contributed by atoms with Gasteiger partial charge in [-0.1, -0.05) is 17.7 Å². The Labute approximate surface area is 189 Å². The van der Waals surface area contributed by atoms with Crippen LogP contribution in [0.2, 0.25) is 0 Å². The van der Waals surface area contributed by atoms with E-state index in [4.69, 9.17) is 5.10 Å². The Morgan fingerprint density at radius 2 is 1.88 bits per heavy atom. The Hall–Kier alpha value is -3.00. The number of anilines is 1. The van der Waals surface area contributed by atoms with Gasteiger partial charge in [0.25, 0.3) is 0 Å². The van der Waals surface area contributed by atoms with Crippen LogP contribution in [0.5, 0.6) is 0 Å². The topological polar surface area (TPSA) is 79.2 Å². The number of carbonyl (C=O) groups excluding carboxylic acids is 1. The zero-order valence-corrected chi connectivity index (χ0v) is 19.5. The number of carbonyl (C=O) groups is 1. The molecule has 2 aromatic heterocycles. The number of hydrogen-bond donors (Lipinski definition) is 1. The Kier molecular flexibility index (Phi) is 6.69. The lowest BCUT2D eigenvalue weighted by Crippen LogP contribution is -2.41. The molecule has 0 aliphatic carbocycles. The molecule has 1 N–H and O–H groups in total. The standard InChI is InChI=1S/C24H33N7O/c1-17-6-8-20(9-7-17)31-18(2)21-16-26-27-23(22(21)28-31)30-14-10-19(11-15-30)24(32)25-12-5-13-29(3)4/h6-9,16,19H,5,10-15H2,1-4H3,(H,25,32). The van der Waals surface area contributed by atoms with E-state index in [2.05, 4.69) is 63.4 Å². The van der Waals surface area contributed by atoms with E-state index in [1.807, 2.05) is 18.8 Å². The maximum absolute atomic E-state index is 12.5. The van der Waals surface area contributed by atoms with Gasteiger partial charge < -0.3 is 15.1 Å². The molecule has 1 saturated heterocycles. The van der Waals surface area contributed by atoms with Crippen molar-refractivity contribution in [3.63, 3.8) is 0 Å². The zero-order chi connectivity index (χ0) is 22.7. The van der Waals surface area contributed by atoms with Gasteiger partial charge in [-0.3, -0.25) is 4.79 Å². The summed E-state index contributed by atoms with van der Waals surface area (Å²) in [6, 6.07) is 8.35. The Morgan fingerprint density at radius 3 is 2.56 bits per heavy atom. The molecule has 32 heavy (non-hydrogen) atoms. The van der Waals surface area contributed by atoms with Crippen molar-refractivity contribution in [2.75, 3.05) is 45.2 Å². The molecule has 0 radical (unpaired) electrons. The minimum absolute atomic E-state index is 0.0598. The first-order chi connectivity index (χ1) is 15.4. The molecule has 1 fully saturated rings. The van der Waals surface area contributed by atoms with Crippen molar-refractivity contribution in [1.82, 2.24) is 30.2 Å². The van der Waals surface area contributed by atoms with Gasteiger partial charge in [-0.05, 0) is 65.9 Å². The Bertz CT molecular complexity index is 1070. The minimum Gasteiger partial charge on any atom is -0.356 e. The van der Waals surface area contributed by atoms with Gasteiger partial charge in [0.1, 0.15) is 5.52 Å². The van der Waals surface area contributed by atoms with E-state index in [1.165, 1.54) is 5.56 Å². The van der Waals surface area contributed by atoms with Crippen molar-refractivity contribution in [2.45, 2.75) is 33.1 Å². The summed E-state index contributed by atoms with van der Waals surface area (Å²) in [7, 11) is 4.10. The van der Waals surface area contributed by atoms with Crippen LogP contribution in [0, 0.1) is 19.8 Å². The van der Waals surface area contributed by atoms with Gasteiger partial charge in [0.05, 0.1) is 17.6 Å². The zero-order valence-electron chi connectivity index (χ0n) is 19.5. The van der Waals surface area contributed by atoms with Crippen molar-refractivity contribution in [1.29, 1.82) is 0 Å². The van der Waals surface area contributed by atoms with Gasteiger partial charge in [0, 0.05) is 30.9 Å². The van der Waals surface area contributed by atoms with E-state index < -0.39 is 0 Å². The van der Waals surface area contributed by atoms with E-state index in [1.54, 1.807) is 6.20 Å². The van der Waals surface area contributed by atoms with Gasteiger partial charge in [0.2, 0.25) is 5.91 Å². The van der Waals surface area contributed by atoms with Gasteiger partial charge in [-0.15, -0.1) is 5.10 Å². The molecular weight excluding hydrogens is 402 g/mol. The molecule has 8 heteroatoms. The van der Waals surface area contributed by atoms with Crippen molar-refractivity contribution in [3.05, 3.63) is 41.7 Å². The fraction of sp³-hybridized carbons (Fsp3) is 0.500. The lowest BCUT2D eigenvalue weighted by atomic mass is 9.96. The molecule has 0 bridgehead atoms. The highest BCUT2D eigenvalue weighted by atomic mass is 16.1. The Morgan fingerprint density at radius 1 is 1.16 bits per heavy atom. The van der Waals surface area contributed by atoms with Crippen molar-refractivity contribution >= 4 is 22.6 Å². The second-order valence-electron chi connectivity index (χ2n) is 8.97. The lowest BCUT2D eigenvalue weighted by molar-refractivity contribution is -0.125. The van der Waals surface area contributed by atoms with Crippen LogP contribution in [0.1, 0.15) is 30.5 Å². The molecule has 0 saturated carbocycles. The third kappa shape index (κ3) is 4.75. The molecule has 1 aliphatic heterocycles. The molecule has 3 heterocycles. The van der Waals surface area contributed by atoms with Crippen LogP contribution in [-0.2, 0) is 4.79 Å². The van der Waals surface area contributed by atoms with Crippen LogP contribution >= 0.6 is 0 Å². The maximum atomic E-state index is 12.5. The van der Waals surface area contributed by atoms with E-state index in [0.717, 1.165) is 73.5 Å². The smallest absolute Gasteiger partial charge is 0.223 e. The fourth-order valence-corrected chi connectivity index (χ4v) is 4.28. The number of fused-ring (bicyclic) bond motifs is 1. The quantitative estimate of drug-likeness (QED) is 0.575. The molecule has 4 rings (SSSR count). The number of nitrogens with zero attached hydrogens (tertiary/aromatic N) is 6. The first-order valence-electron chi connectivity index (χ1n) is 11.4. The highest BCUT2D eigenvalue weighted by Gasteiger charge is 2.27. The summed E-state index contributed by atoms with van der Waals surface area (Å²) >= 11 is 0. The summed E-state index contributed by atoms with van der Waals surface area (Å²) in [5, 5.41) is 17.7.